The van der Waals surface area contributed by atoms with Gasteiger partial charge in [-0.1, -0.05) is 25.5 Å². The zero-order chi connectivity index (χ0) is 16.4. The van der Waals surface area contributed by atoms with Crippen LogP contribution < -0.4 is 5.56 Å². The predicted octanol–water partition coefficient (Wildman–Crippen LogP) is 2.29. The number of nitro groups is 1. The van der Waals surface area contributed by atoms with Gasteiger partial charge in [0.25, 0.3) is 11.2 Å². The van der Waals surface area contributed by atoms with Gasteiger partial charge < -0.3 is 0 Å². The highest BCUT2D eigenvalue weighted by molar-refractivity contribution is 5.76. The van der Waals surface area contributed by atoms with E-state index in [0.717, 1.165) is 12.8 Å². The standard InChI is InChI=1S/C15H15N5O3/c1-2-3-8-18-10-16-14-11(15(18)21)9-17-19(14)12-6-4-5-7-13(12)20(22)23/h4-7,9-10H,2-3,8H2,1H3. The molecule has 118 valence electrons. The van der Waals surface area contributed by atoms with Gasteiger partial charge in [-0.2, -0.15) is 5.10 Å². The van der Waals surface area contributed by atoms with Gasteiger partial charge in [-0.25, -0.2) is 9.67 Å². The van der Waals surface area contributed by atoms with Crippen molar-refractivity contribution < 1.29 is 4.92 Å². The van der Waals surface area contributed by atoms with Crippen molar-refractivity contribution in [2.24, 2.45) is 0 Å². The van der Waals surface area contributed by atoms with Crippen LogP contribution in [0.1, 0.15) is 19.8 Å². The molecule has 23 heavy (non-hydrogen) atoms. The van der Waals surface area contributed by atoms with Gasteiger partial charge in [0.05, 0.1) is 17.4 Å². The topological polar surface area (TPSA) is 95.8 Å². The largest absolute Gasteiger partial charge is 0.299 e. The molecule has 2 aromatic heterocycles. The zero-order valence-electron chi connectivity index (χ0n) is 12.5. The number of aryl methyl sites for hydroxylation is 1. The summed E-state index contributed by atoms with van der Waals surface area (Å²) in [7, 11) is 0. The average Bonchev–Trinajstić information content (AvgIpc) is 2.99. The Morgan fingerprint density at radius 1 is 1.30 bits per heavy atom. The van der Waals surface area contributed by atoms with Crippen LogP contribution in [0.4, 0.5) is 5.69 Å². The Hall–Kier alpha value is -3.03. The molecule has 1 aromatic carbocycles. The first-order valence-corrected chi connectivity index (χ1v) is 7.30. The molecule has 8 heteroatoms. The van der Waals surface area contributed by atoms with Crippen molar-refractivity contribution >= 4 is 16.7 Å². The first-order valence-electron chi connectivity index (χ1n) is 7.30. The van der Waals surface area contributed by atoms with Crippen LogP contribution in [-0.4, -0.2) is 24.3 Å². The molecule has 0 unspecified atom stereocenters. The molecule has 8 nitrogen and oxygen atoms in total. The summed E-state index contributed by atoms with van der Waals surface area (Å²) >= 11 is 0. The minimum Gasteiger partial charge on any atom is -0.299 e. The summed E-state index contributed by atoms with van der Waals surface area (Å²) in [5, 5.41) is 15.6. The van der Waals surface area contributed by atoms with Gasteiger partial charge in [-0.15, -0.1) is 0 Å². The van der Waals surface area contributed by atoms with Gasteiger partial charge in [-0.05, 0) is 12.5 Å². The Kier molecular flexibility index (Phi) is 3.88. The Bertz CT molecular complexity index is 928. The maximum Gasteiger partial charge on any atom is 0.294 e. The fraction of sp³-hybridized carbons (Fsp3) is 0.267. The van der Waals surface area contributed by atoms with Gasteiger partial charge in [0, 0.05) is 12.6 Å². The summed E-state index contributed by atoms with van der Waals surface area (Å²) in [6, 6.07) is 6.23. The van der Waals surface area contributed by atoms with Crippen molar-refractivity contribution in [2.45, 2.75) is 26.3 Å². The van der Waals surface area contributed by atoms with Crippen LogP contribution in [0.25, 0.3) is 16.7 Å². The number of aromatic nitrogens is 4. The molecule has 0 amide bonds. The van der Waals surface area contributed by atoms with Crippen LogP contribution in [0.3, 0.4) is 0 Å². The molecule has 2 heterocycles. The molecule has 0 atom stereocenters. The molecule has 0 saturated carbocycles. The Labute approximate surface area is 131 Å². The highest BCUT2D eigenvalue weighted by atomic mass is 16.6. The maximum atomic E-state index is 12.4. The molecular weight excluding hydrogens is 298 g/mol. The predicted molar refractivity (Wildman–Crippen MR) is 84.7 cm³/mol. The molecule has 0 N–H and O–H groups in total. The second-order valence-corrected chi connectivity index (χ2v) is 5.14. The Balaban J connectivity index is 2.17. The lowest BCUT2D eigenvalue weighted by molar-refractivity contribution is -0.384. The van der Waals surface area contributed by atoms with Gasteiger partial charge >= 0.3 is 0 Å². The van der Waals surface area contributed by atoms with Crippen molar-refractivity contribution in [3.8, 4) is 5.69 Å². The van der Waals surface area contributed by atoms with E-state index in [4.69, 9.17) is 0 Å². The van der Waals surface area contributed by atoms with Crippen LogP contribution in [0.15, 0.2) is 41.6 Å². The van der Waals surface area contributed by atoms with E-state index in [9.17, 15) is 14.9 Å². The van der Waals surface area contributed by atoms with E-state index >= 15 is 0 Å². The van der Waals surface area contributed by atoms with Crippen LogP contribution in [0.2, 0.25) is 0 Å². The lowest BCUT2D eigenvalue weighted by Crippen LogP contribution is -2.20. The highest BCUT2D eigenvalue weighted by Gasteiger charge is 2.18. The maximum absolute atomic E-state index is 12.4. The van der Waals surface area contributed by atoms with E-state index in [-0.39, 0.29) is 16.9 Å². The summed E-state index contributed by atoms with van der Waals surface area (Å²) in [6.45, 7) is 2.64. The number of nitrogens with zero attached hydrogens (tertiary/aromatic N) is 5. The summed E-state index contributed by atoms with van der Waals surface area (Å²) in [5.74, 6) is 0. The molecule has 0 radical (unpaired) electrons. The van der Waals surface area contributed by atoms with Crippen molar-refractivity contribution in [3.05, 3.63) is 57.3 Å². The highest BCUT2D eigenvalue weighted by Crippen LogP contribution is 2.23. The summed E-state index contributed by atoms with van der Waals surface area (Å²) in [4.78, 5) is 27.4. The molecule has 0 fully saturated rings. The van der Waals surface area contributed by atoms with E-state index in [1.807, 2.05) is 6.92 Å². The number of nitro benzene ring substituents is 1. The minimum atomic E-state index is -0.481. The molecule has 0 saturated heterocycles. The number of hydrogen-bond acceptors (Lipinski definition) is 5. The number of benzene rings is 1. The van der Waals surface area contributed by atoms with E-state index < -0.39 is 4.92 Å². The molecule has 0 aliphatic carbocycles. The van der Waals surface area contributed by atoms with Crippen molar-refractivity contribution in [3.63, 3.8) is 0 Å². The molecule has 0 spiro atoms. The van der Waals surface area contributed by atoms with E-state index in [1.54, 1.807) is 18.2 Å². The summed E-state index contributed by atoms with van der Waals surface area (Å²) in [5.41, 5.74) is 0.325. The van der Waals surface area contributed by atoms with Crippen LogP contribution in [0.5, 0.6) is 0 Å². The molecule has 0 aliphatic rings. The Morgan fingerprint density at radius 3 is 2.83 bits per heavy atom. The first kappa shape index (κ1) is 14.9. The number of fused-ring (bicyclic) bond motifs is 1. The number of para-hydroxylation sites is 2. The lowest BCUT2D eigenvalue weighted by Gasteiger charge is -2.06. The summed E-state index contributed by atoms with van der Waals surface area (Å²) in [6.07, 6.45) is 4.72. The second-order valence-electron chi connectivity index (χ2n) is 5.14. The molecule has 0 aliphatic heterocycles. The minimum absolute atomic E-state index is 0.0885. The van der Waals surface area contributed by atoms with Gasteiger partial charge in [0.15, 0.2) is 5.65 Å². The third-order valence-corrected chi connectivity index (χ3v) is 3.61. The second kappa shape index (κ2) is 5.99. The SMILES string of the molecule is CCCCn1cnc2c(cnn2-c2ccccc2[N+](=O)[O-])c1=O. The normalized spacial score (nSPS) is 11.0. The van der Waals surface area contributed by atoms with Crippen LogP contribution >= 0.6 is 0 Å². The monoisotopic (exact) mass is 313 g/mol. The molecule has 3 aromatic rings. The van der Waals surface area contributed by atoms with Crippen molar-refractivity contribution in [1.29, 1.82) is 0 Å². The van der Waals surface area contributed by atoms with E-state index in [1.165, 1.54) is 27.8 Å². The number of rotatable bonds is 5. The fourth-order valence-corrected chi connectivity index (χ4v) is 2.41. The van der Waals surface area contributed by atoms with Gasteiger partial charge in [0.2, 0.25) is 0 Å². The number of unbranched alkanes of at least 4 members (excludes halogenated alkanes) is 1. The zero-order valence-corrected chi connectivity index (χ0v) is 12.5. The lowest BCUT2D eigenvalue weighted by atomic mass is 10.2. The summed E-state index contributed by atoms with van der Waals surface area (Å²) < 4.78 is 2.87. The quantitative estimate of drug-likeness (QED) is 0.532. The van der Waals surface area contributed by atoms with Gasteiger partial charge in [-0.3, -0.25) is 19.5 Å². The Morgan fingerprint density at radius 2 is 2.09 bits per heavy atom. The fourth-order valence-electron chi connectivity index (χ4n) is 2.41. The van der Waals surface area contributed by atoms with Crippen LogP contribution in [0, 0.1) is 10.1 Å². The third kappa shape index (κ3) is 2.59. The average molecular weight is 313 g/mol. The smallest absolute Gasteiger partial charge is 0.294 e. The van der Waals surface area contributed by atoms with Crippen molar-refractivity contribution in [1.82, 2.24) is 19.3 Å². The molecule has 3 rings (SSSR count). The molecular formula is C15H15N5O3. The van der Waals surface area contributed by atoms with Gasteiger partial charge in [0.1, 0.15) is 11.1 Å². The van der Waals surface area contributed by atoms with Crippen molar-refractivity contribution in [2.75, 3.05) is 0 Å². The van der Waals surface area contributed by atoms with Crippen LogP contribution in [-0.2, 0) is 6.54 Å². The number of hydrogen-bond donors (Lipinski definition) is 0. The molecule has 0 bridgehead atoms. The van der Waals surface area contributed by atoms with E-state index in [2.05, 4.69) is 10.1 Å². The first-order chi connectivity index (χ1) is 11.1. The van der Waals surface area contributed by atoms with E-state index in [0.29, 0.717) is 17.6 Å². The third-order valence-electron chi connectivity index (χ3n) is 3.61.